The van der Waals surface area contributed by atoms with Crippen molar-refractivity contribution in [2.24, 2.45) is 0 Å². The molecule has 0 aromatic heterocycles. The number of piperidine rings is 1. The van der Waals surface area contributed by atoms with Crippen LogP contribution in [0.15, 0.2) is 18.2 Å². The summed E-state index contributed by atoms with van der Waals surface area (Å²) in [4.78, 5) is 2.38. The van der Waals surface area contributed by atoms with Gasteiger partial charge in [-0.2, -0.15) is 5.26 Å². The molecule has 2 aliphatic heterocycles. The van der Waals surface area contributed by atoms with E-state index in [0.29, 0.717) is 23.3 Å². The number of rotatable bonds is 1. The van der Waals surface area contributed by atoms with Crippen LogP contribution < -0.4 is 10.6 Å². The Morgan fingerprint density at radius 2 is 1.94 bits per heavy atom. The van der Waals surface area contributed by atoms with Gasteiger partial charge in [-0.3, -0.25) is 0 Å². The van der Waals surface area contributed by atoms with Gasteiger partial charge in [0.25, 0.3) is 0 Å². The fourth-order valence-electron chi connectivity index (χ4n) is 3.38. The number of hydrogen-bond donors (Lipinski definition) is 2. The second kappa shape index (κ2) is 4.18. The van der Waals surface area contributed by atoms with Crippen LogP contribution in [0.25, 0.3) is 0 Å². The van der Waals surface area contributed by atoms with Crippen LogP contribution in [0.1, 0.15) is 31.2 Å². The Hall–Kier alpha value is -1.73. The number of aliphatic hydroxyl groups is 1. The minimum absolute atomic E-state index is 0.158. The fraction of sp³-hybridized carbons (Fsp3) is 0.500. The summed E-state index contributed by atoms with van der Waals surface area (Å²) in [7, 11) is 0. The first-order chi connectivity index (χ1) is 8.69. The molecule has 0 saturated carbocycles. The summed E-state index contributed by atoms with van der Waals surface area (Å²) in [6.45, 7) is 0. The van der Waals surface area contributed by atoms with E-state index in [0.717, 1.165) is 31.4 Å². The summed E-state index contributed by atoms with van der Waals surface area (Å²) in [5.74, 6) is 0. The largest absolute Gasteiger partial charge is 0.398 e. The molecule has 2 heterocycles. The summed E-state index contributed by atoms with van der Waals surface area (Å²) >= 11 is 0. The molecule has 2 fully saturated rings. The third-order valence-corrected chi connectivity index (χ3v) is 4.16. The molecule has 2 aliphatic rings. The minimum atomic E-state index is -0.158. The lowest BCUT2D eigenvalue weighted by Gasteiger charge is -2.39. The van der Waals surface area contributed by atoms with Gasteiger partial charge in [0, 0.05) is 17.8 Å². The van der Waals surface area contributed by atoms with Gasteiger partial charge in [-0.1, -0.05) is 0 Å². The van der Waals surface area contributed by atoms with Gasteiger partial charge in [0.05, 0.1) is 17.4 Å². The molecular formula is C14H17N3O. The first-order valence-corrected chi connectivity index (χ1v) is 6.45. The van der Waals surface area contributed by atoms with Crippen LogP contribution >= 0.6 is 0 Å². The lowest BCUT2D eigenvalue weighted by molar-refractivity contribution is 0.126. The number of benzene rings is 1. The topological polar surface area (TPSA) is 73.3 Å². The average Bonchev–Trinajstić information content (AvgIpc) is 2.61. The van der Waals surface area contributed by atoms with Crippen LogP contribution in [-0.2, 0) is 0 Å². The number of aliphatic hydroxyl groups excluding tert-OH is 1. The van der Waals surface area contributed by atoms with Crippen LogP contribution in [0.4, 0.5) is 11.4 Å². The van der Waals surface area contributed by atoms with E-state index in [4.69, 9.17) is 11.0 Å². The molecular weight excluding hydrogens is 226 g/mol. The van der Waals surface area contributed by atoms with Crippen molar-refractivity contribution in [1.29, 1.82) is 5.26 Å². The Morgan fingerprint density at radius 3 is 2.50 bits per heavy atom. The van der Waals surface area contributed by atoms with Crippen molar-refractivity contribution in [3.63, 3.8) is 0 Å². The Morgan fingerprint density at radius 1 is 1.28 bits per heavy atom. The van der Waals surface area contributed by atoms with Crippen molar-refractivity contribution in [2.45, 2.75) is 43.9 Å². The lowest BCUT2D eigenvalue weighted by Crippen LogP contribution is -2.44. The summed E-state index contributed by atoms with van der Waals surface area (Å²) in [5.41, 5.74) is 8.04. The molecule has 2 bridgehead atoms. The normalized spacial score (nSPS) is 30.2. The van der Waals surface area contributed by atoms with Gasteiger partial charge in [0.1, 0.15) is 6.07 Å². The van der Waals surface area contributed by atoms with Crippen molar-refractivity contribution >= 4 is 11.4 Å². The Kier molecular flexibility index (Phi) is 2.64. The predicted molar refractivity (Wildman–Crippen MR) is 70.1 cm³/mol. The number of nitriles is 1. The molecule has 1 aromatic rings. The quantitative estimate of drug-likeness (QED) is 0.735. The summed E-state index contributed by atoms with van der Waals surface area (Å²) < 4.78 is 0. The highest BCUT2D eigenvalue weighted by Gasteiger charge is 2.40. The number of anilines is 2. The number of fused-ring (bicyclic) bond motifs is 2. The summed E-state index contributed by atoms with van der Waals surface area (Å²) in [6, 6.07) is 8.58. The van der Waals surface area contributed by atoms with Gasteiger partial charge in [-0.05, 0) is 43.9 Å². The number of nitrogen functional groups attached to an aromatic ring is 1. The highest BCUT2D eigenvalue weighted by atomic mass is 16.3. The highest BCUT2D eigenvalue weighted by molar-refractivity contribution is 5.64. The molecule has 0 spiro atoms. The third kappa shape index (κ3) is 1.72. The zero-order valence-electron chi connectivity index (χ0n) is 10.2. The fourth-order valence-corrected chi connectivity index (χ4v) is 3.38. The Balaban J connectivity index is 1.92. The van der Waals surface area contributed by atoms with Gasteiger partial charge < -0.3 is 15.7 Å². The maximum atomic E-state index is 9.80. The molecule has 4 heteroatoms. The van der Waals surface area contributed by atoms with Crippen LogP contribution in [-0.4, -0.2) is 23.3 Å². The van der Waals surface area contributed by atoms with Crippen molar-refractivity contribution in [3.05, 3.63) is 23.8 Å². The van der Waals surface area contributed by atoms with Crippen molar-refractivity contribution in [3.8, 4) is 6.07 Å². The molecule has 0 radical (unpaired) electrons. The highest BCUT2D eigenvalue weighted by Crippen LogP contribution is 2.40. The zero-order chi connectivity index (χ0) is 12.7. The smallest absolute Gasteiger partial charge is 0.101 e. The monoisotopic (exact) mass is 243 g/mol. The molecule has 2 atom stereocenters. The van der Waals surface area contributed by atoms with Crippen LogP contribution in [0, 0.1) is 11.3 Å². The molecule has 94 valence electrons. The van der Waals surface area contributed by atoms with Crippen LogP contribution in [0.2, 0.25) is 0 Å². The van der Waals surface area contributed by atoms with Gasteiger partial charge in [-0.25, -0.2) is 0 Å². The molecule has 3 rings (SSSR count). The van der Waals surface area contributed by atoms with E-state index in [1.807, 2.05) is 12.1 Å². The molecule has 2 saturated heterocycles. The zero-order valence-corrected chi connectivity index (χ0v) is 10.2. The van der Waals surface area contributed by atoms with Crippen LogP contribution in [0.3, 0.4) is 0 Å². The second-order valence-electron chi connectivity index (χ2n) is 5.30. The van der Waals surface area contributed by atoms with Gasteiger partial charge in [-0.15, -0.1) is 0 Å². The van der Waals surface area contributed by atoms with Crippen molar-refractivity contribution < 1.29 is 5.11 Å². The molecule has 0 aliphatic carbocycles. The number of nitrogens with two attached hydrogens (primary N) is 1. The molecule has 18 heavy (non-hydrogen) atoms. The number of hydrogen-bond acceptors (Lipinski definition) is 4. The molecule has 0 amide bonds. The lowest BCUT2D eigenvalue weighted by atomic mass is 9.98. The minimum Gasteiger partial charge on any atom is -0.398 e. The molecule has 3 N–H and O–H groups in total. The van der Waals surface area contributed by atoms with Crippen LogP contribution in [0.5, 0.6) is 0 Å². The third-order valence-electron chi connectivity index (χ3n) is 4.16. The molecule has 2 unspecified atom stereocenters. The predicted octanol–water partition coefficient (Wildman–Crippen LogP) is 1.63. The van der Waals surface area contributed by atoms with Gasteiger partial charge >= 0.3 is 0 Å². The van der Waals surface area contributed by atoms with Crippen molar-refractivity contribution in [2.75, 3.05) is 10.6 Å². The first-order valence-electron chi connectivity index (χ1n) is 6.45. The maximum Gasteiger partial charge on any atom is 0.101 e. The number of nitrogens with zero attached hydrogens (tertiary/aromatic N) is 2. The van der Waals surface area contributed by atoms with E-state index < -0.39 is 0 Å². The van der Waals surface area contributed by atoms with E-state index in [-0.39, 0.29) is 6.10 Å². The van der Waals surface area contributed by atoms with E-state index >= 15 is 0 Å². The Bertz CT molecular complexity index is 494. The maximum absolute atomic E-state index is 9.80. The summed E-state index contributed by atoms with van der Waals surface area (Å²) in [5, 5.41) is 18.7. The SMILES string of the molecule is N#Cc1ccc(N2C3CCC2CC(O)C3)cc1N. The summed E-state index contributed by atoms with van der Waals surface area (Å²) in [6.07, 6.45) is 3.81. The molecule has 1 aromatic carbocycles. The second-order valence-corrected chi connectivity index (χ2v) is 5.30. The van der Waals surface area contributed by atoms with E-state index in [2.05, 4.69) is 11.0 Å². The first kappa shape index (κ1) is 11.4. The van der Waals surface area contributed by atoms with E-state index in [1.54, 1.807) is 6.07 Å². The van der Waals surface area contributed by atoms with Gasteiger partial charge in [0.15, 0.2) is 0 Å². The Labute approximate surface area is 107 Å². The van der Waals surface area contributed by atoms with E-state index in [1.165, 1.54) is 0 Å². The average molecular weight is 243 g/mol. The van der Waals surface area contributed by atoms with E-state index in [9.17, 15) is 5.11 Å². The van der Waals surface area contributed by atoms with Crippen molar-refractivity contribution in [1.82, 2.24) is 0 Å². The molecule has 4 nitrogen and oxygen atoms in total. The van der Waals surface area contributed by atoms with Gasteiger partial charge in [0.2, 0.25) is 0 Å². The standard InChI is InChI=1S/C14H17N3O/c15-8-9-1-2-12(7-14(9)16)17-10-3-4-11(17)6-13(18)5-10/h1-2,7,10-11,13,18H,3-6,16H2.